The van der Waals surface area contributed by atoms with E-state index >= 15 is 0 Å². The van der Waals surface area contributed by atoms with Crippen LogP contribution < -0.4 is 11.1 Å². The monoisotopic (exact) mass is 647 g/mol. The molecule has 0 saturated heterocycles. The number of hydrogen-bond acceptors (Lipinski definition) is 6. The molecule has 5 N–H and O–H groups in total. The van der Waals surface area contributed by atoms with Crippen LogP contribution in [0.2, 0.25) is 0 Å². The number of amides is 1. The van der Waals surface area contributed by atoms with E-state index in [1.165, 1.54) is 96.3 Å². The number of phosphoric acid groups is 1. The smallest absolute Gasteiger partial charge is 0.391 e. The summed E-state index contributed by atoms with van der Waals surface area (Å²) in [5.41, 5.74) is 5.35. The topological polar surface area (TPSA) is 131 Å². The first-order valence-electron chi connectivity index (χ1n) is 18.3. The second kappa shape index (κ2) is 32.2. The van der Waals surface area contributed by atoms with E-state index in [0.717, 1.165) is 51.4 Å². The molecule has 3 atom stereocenters. The summed E-state index contributed by atoms with van der Waals surface area (Å²) in [5, 5.41) is 13.7. The Morgan fingerprint density at radius 2 is 1.18 bits per heavy atom. The predicted octanol–water partition coefficient (Wildman–Crippen LogP) is 9.27. The van der Waals surface area contributed by atoms with E-state index < -0.39 is 20.0 Å². The largest absolute Gasteiger partial charge is 0.472 e. The molecule has 0 rings (SSSR count). The SMILES string of the molecule is CCCCCCCCC/C=C\CCCCCCCC(=O)NC(COP(=O)(O)OCCN)C(O)CCCCCCCCCCC. The van der Waals surface area contributed by atoms with Crippen LogP contribution in [0.25, 0.3) is 0 Å². The summed E-state index contributed by atoms with van der Waals surface area (Å²) in [7, 11) is -4.30. The molecule has 0 aromatic rings. The van der Waals surface area contributed by atoms with E-state index in [9.17, 15) is 19.4 Å². The van der Waals surface area contributed by atoms with Crippen molar-refractivity contribution in [2.45, 2.75) is 187 Å². The third-order valence-corrected chi connectivity index (χ3v) is 9.10. The van der Waals surface area contributed by atoms with Gasteiger partial charge in [0.15, 0.2) is 0 Å². The summed E-state index contributed by atoms with van der Waals surface area (Å²) < 4.78 is 22.0. The summed E-state index contributed by atoms with van der Waals surface area (Å²) in [6.45, 7) is 4.16. The molecular formula is C35H71N2O6P. The Balaban J connectivity index is 4.22. The van der Waals surface area contributed by atoms with Gasteiger partial charge in [-0.15, -0.1) is 0 Å². The van der Waals surface area contributed by atoms with Gasteiger partial charge in [0.25, 0.3) is 0 Å². The molecule has 1 amide bonds. The molecular weight excluding hydrogens is 575 g/mol. The van der Waals surface area contributed by atoms with Gasteiger partial charge in [-0.2, -0.15) is 0 Å². The average molecular weight is 647 g/mol. The Labute approximate surface area is 271 Å². The maximum absolute atomic E-state index is 12.7. The number of unbranched alkanes of at least 4 members (excludes halogenated alkanes) is 20. The zero-order valence-corrected chi connectivity index (χ0v) is 29.6. The van der Waals surface area contributed by atoms with Crippen molar-refractivity contribution in [3.63, 3.8) is 0 Å². The van der Waals surface area contributed by atoms with Crippen LogP contribution in [0, 0.1) is 0 Å². The van der Waals surface area contributed by atoms with Gasteiger partial charge in [-0.25, -0.2) is 4.57 Å². The van der Waals surface area contributed by atoms with Crippen molar-refractivity contribution in [1.82, 2.24) is 5.32 Å². The predicted molar refractivity (Wildman–Crippen MR) is 185 cm³/mol. The third kappa shape index (κ3) is 29.9. The number of hydrogen-bond donors (Lipinski definition) is 4. The highest BCUT2D eigenvalue weighted by Gasteiger charge is 2.27. The van der Waals surface area contributed by atoms with Crippen molar-refractivity contribution < 1.29 is 28.4 Å². The number of phosphoric ester groups is 1. The van der Waals surface area contributed by atoms with Crippen molar-refractivity contribution in [3.8, 4) is 0 Å². The van der Waals surface area contributed by atoms with Gasteiger partial charge in [-0.05, 0) is 38.5 Å². The minimum Gasteiger partial charge on any atom is -0.391 e. The first-order chi connectivity index (χ1) is 21.4. The fourth-order valence-electron chi connectivity index (χ4n) is 5.31. The molecule has 0 aromatic heterocycles. The van der Waals surface area contributed by atoms with E-state index in [1.807, 2.05) is 0 Å². The molecule has 0 spiro atoms. The lowest BCUT2D eigenvalue weighted by molar-refractivity contribution is -0.123. The molecule has 9 heteroatoms. The summed E-state index contributed by atoms with van der Waals surface area (Å²) in [6.07, 6.45) is 32.2. The van der Waals surface area contributed by atoms with Gasteiger partial charge < -0.3 is 21.1 Å². The second-order valence-electron chi connectivity index (χ2n) is 12.4. The summed E-state index contributed by atoms with van der Waals surface area (Å²) >= 11 is 0. The van der Waals surface area contributed by atoms with Crippen LogP contribution in [0.5, 0.6) is 0 Å². The number of nitrogens with two attached hydrogens (primary N) is 1. The highest BCUT2D eigenvalue weighted by Crippen LogP contribution is 2.43. The van der Waals surface area contributed by atoms with Gasteiger partial charge in [-0.3, -0.25) is 13.8 Å². The average Bonchev–Trinajstić information content (AvgIpc) is 3.01. The third-order valence-electron chi connectivity index (χ3n) is 8.12. The maximum atomic E-state index is 12.7. The van der Waals surface area contributed by atoms with Crippen LogP contribution in [0.3, 0.4) is 0 Å². The Kier molecular flexibility index (Phi) is 31.6. The first kappa shape index (κ1) is 43.2. The van der Waals surface area contributed by atoms with Gasteiger partial charge in [-0.1, -0.05) is 142 Å². The molecule has 0 aliphatic rings. The van der Waals surface area contributed by atoms with Crippen molar-refractivity contribution in [2.24, 2.45) is 5.73 Å². The molecule has 0 radical (unpaired) electrons. The zero-order chi connectivity index (χ0) is 32.6. The highest BCUT2D eigenvalue weighted by molar-refractivity contribution is 7.47. The Morgan fingerprint density at radius 1 is 0.727 bits per heavy atom. The van der Waals surface area contributed by atoms with E-state index in [4.69, 9.17) is 14.8 Å². The minimum atomic E-state index is -4.30. The normalized spacial score (nSPS) is 14.6. The molecule has 8 nitrogen and oxygen atoms in total. The van der Waals surface area contributed by atoms with E-state index in [1.54, 1.807) is 0 Å². The highest BCUT2D eigenvalue weighted by atomic mass is 31.2. The van der Waals surface area contributed by atoms with Gasteiger partial charge in [0, 0.05) is 13.0 Å². The van der Waals surface area contributed by atoms with Crippen LogP contribution in [-0.2, 0) is 18.4 Å². The lowest BCUT2D eigenvalue weighted by Gasteiger charge is -2.25. The molecule has 0 heterocycles. The fourth-order valence-corrected chi connectivity index (χ4v) is 6.07. The number of nitrogens with one attached hydrogen (secondary N) is 1. The minimum absolute atomic E-state index is 0.0886. The number of allylic oxidation sites excluding steroid dienone is 2. The molecule has 262 valence electrons. The summed E-state index contributed by atoms with van der Waals surface area (Å²) in [6, 6.07) is -0.772. The van der Waals surface area contributed by atoms with E-state index in [0.29, 0.717) is 12.8 Å². The van der Waals surface area contributed by atoms with Gasteiger partial charge in [0.2, 0.25) is 5.91 Å². The molecule has 0 aromatic carbocycles. The summed E-state index contributed by atoms with van der Waals surface area (Å²) in [4.78, 5) is 22.5. The van der Waals surface area contributed by atoms with E-state index in [-0.39, 0.29) is 25.7 Å². The standard InChI is InChI=1S/C35H71N2O6P/c1-3-5-7-9-11-13-14-15-16-17-18-19-21-23-25-27-29-35(39)37-33(32-43-44(40,41)42-31-30-36)34(38)28-26-24-22-20-12-10-8-6-4-2/h16-17,33-34,38H,3-15,18-32,36H2,1-2H3,(H,37,39)(H,40,41)/b17-16-. The molecule has 0 aliphatic carbocycles. The Hall–Kier alpha value is -0.760. The quantitative estimate of drug-likeness (QED) is 0.0311. The maximum Gasteiger partial charge on any atom is 0.472 e. The van der Waals surface area contributed by atoms with Crippen LogP contribution in [-0.4, -0.2) is 47.8 Å². The van der Waals surface area contributed by atoms with E-state index in [2.05, 4.69) is 31.3 Å². The lowest BCUT2D eigenvalue weighted by atomic mass is 10.0. The van der Waals surface area contributed by atoms with Crippen LogP contribution in [0.15, 0.2) is 12.2 Å². The summed E-state index contributed by atoms with van der Waals surface area (Å²) in [5.74, 6) is -0.173. The van der Waals surface area contributed by atoms with Crippen molar-refractivity contribution in [2.75, 3.05) is 19.8 Å². The van der Waals surface area contributed by atoms with Gasteiger partial charge >= 0.3 is 7.82 Å². The van der Waals surface area contributed by atoms with Crippen molar-refractivity contribution >= 4 is 13.7 Å². The second-order valence-corrected chi connectivity index (χ2v) is 13.9. The molecule has 0 fully saturated rings. The molecule has 0 aliphatic heterocycles. The Morgan fingerprint density at radius 3 is 1.68 bits per heavy atom. The number of aliphatic hydroxyl groups excluding tert-OH is 1. The number of carbonyl (C=O) groups excluding carboxylic acids is 1. The van der Waals surface area contributed by atoms with Gasteiger partial charge in [0.05, 0.1) is 25.4 Å². The number of carbonyl (C=O) groups is 1. The fraction of sp³-hybridized carbons (Fsp3) is 0.914. The first-order valence-corrected chi connectivity index (χ1v) is 19.8. The zero-order valence-electron chi connectivity index (χ0n) is 28.7. The number of rotatable bonds is 34. The molecule has 0 saturated carbocycles. The van der Waals surface area contributed by atoms with Crippen LogP contribution in [0.4, 0.5) is 0 Å². The lowest BCUT2D eigenvalue weighted by Crippen LogP contribution is -2.46. The van der Waals surface area contributed by atoms with Crippen LogP contribution in [0.1, 0.15) is 174 Å². The molecule has 3 unspecified atom stereocenters. The van der Waals surface area contributed by atoms with Gasteiger partial charge in [0.1, 0.15) is 0 Å². The molecule has 0 bridgehead atoms. The van der Waals surface area contributed by atoms with Crippen molar-refractivity contribution in [3.05, 3.63) is 12.2 Å². The number of aliphatic hydroxyl groups is 1. The Bertz CT molecular complexity index is 709. The van der Waals surface area contributed by atoms with Crippen LogP contribution >= 0.6 is 7.82 Å². The van der Waals surface area contributed by atoms with Crippen molar-refractivity contribution in [1.29, 1.82) is 0 Å². The molecule has 44 heavy (non-hydrogen) atoms.